The molecule has 2 aromatic heterocycles. The van der Waals surface area contributed by atoms with Crippen LogP contribution in [0.4, 0.5) is 0 Å². The predicted octanol–water partition coefficient (Wildman–Crippen LogP) is -0.00940. The number of carbonyl (C=O) groups is 1. The molecule has 4 N–H and O–H groups in total. The molecule has 2 heterocycles. The molecular weight excluding hydrogens is 214 g/mol. The number of hydrogen-bond acceptors (Lipinski definition) is 5. The number of nitrogens with zero attached hydrogens (tertiary/aromatic N) is 1. The Morgan fingerprint density at radius 2 is 2.44 bits per heavy atom. The number of oxazole rings is 1. The zero-order chi connectivity index (χ0) is 11.7. The first-order valence-corrected chi connectivity index (χ1v) is 4.52. The molecule has 0 fully saturated rings. The van der Waals surface area contributed by atoms with Crippen molar-refractivity contribution in [2.75, 3.05) is 0 Å². The maximum atomic E-state index is 10.9. The molecule has 0 radical (unpaired) electrons. The van der Waals surface area contributed by atoms with Gasteiger partial charge in [-0.15, -0.1) is 0 Å². The number of carboxylic acid groups (broad SMARTS) is 1. The van der Waals surface area contributed by atoms with Crippen LogP contribution in [-0.2, 0) is 4.79 Å². The second-order valence-corrected chi connectivity index (χ2v) is 3.34. The van der Waals surface area contributed by atoms with Crippen LogP contribution in [0.15, 0.2) is 21.5 Å². The molecule has 2 aromatic rings. The Kier molecular flexibility index (Phi) is 2.45. The van der Waals surface area contributed by atoms with Crippen LogP contribution < -0.4 is 11.5 Å². The van der Waals surface area contributed by atoms with E-state index < -0.39 is 17.8 Å². The number of fused-ring (bicyclic) bond motifs is 1. The fraction of sp³-hybridized carbons (Fsp3) is 0.222. The predicted molar refractivity (Wildman–Crippen MR) is 53.8 cm³/mol. The van der Waals surface area contributed by atoms with E-state index >= 15 is 0 Å². The van der Waals surface area contributed by atoms with Gasteiger partial charge in [0, 0.05) is 12.2 Å². The van der Waals surface area contributed by atoms with Gasteiger partial charge in [-0.2, -0.15) is 0 Å². The summed E-state index contributed by atoms with van der Waals surface area (Å²) in [5, 5.41) is 8.59. The largest absolute Gasteiger partial charge is 0.481 e. The molecule has 1 atom stereocenters. The summed E-state index contributed by atoms with van der Waals surface area (Å²) >= 11 is 0. The molecule has 0 saturated heterocycles. The summed E-state index contributed by atoms with van der Waals surface area (Å²) in [6, 6.07) is 0.897. The van der Waals surface area contributed by atoms with Gasteiger partial charge in [0.25, 0.3) is 0 Å². The molecule has 0 amide bonds. The average Bonchev–Trinajstić information content (AvgIpc) is 2.55. The summed E-state index contributed by atoms with van der Waals surface area (Å²) in [7, 11) is 0. The number of aliphatic carboxylic acids is 1. The molecule has 16 heavy (non-hydrogen) atoms. The molecule has 0 saturated carbocycles. The summed E-state index contributed by atoms with van der Waals surface area (Å²) in [6.45, 7) is 0. The number of aromatic nitrogens is 2. The van der Waals surface area contributed by atoms with E-state index in [1.807, 2.05) is 0 Å². The van der Waals surface area contributed by atoms with E-state index in [-0.39, 0.29) is 12.1 Å². The first kappa shape index (κ1) is 10.4. The van der Waals surface area contributed by atoms with E-state index in [0.29, 0.717) is 11.1 Å². The van der Waals surface area contributed by atoms with Gasteiger partial charge in [0.05, 0.1) is 6.42 Å². The lowest BCUT2D eigenvalue weighted by Gasteiger charge is -2.07. The molecule has 0 aliphatic carbocycles. The Balaban J connectivity index is 2.38. The number of H-pyrrole nitrogens is 1. The van der Waals surface area contributed by atoms with E-state index in [9.17, 15) is 9.59 Å². The van der Waals surface area contributed by atoms with E-state index in [2.05, 4.69) is 9.97 Å². The lowest BCUT2D eigenvalue weighted by Crippen LogP contribution is -2.15. The van der Waals surface area contributed by atoms with Gasteiger partial charge in [-0.05, 0) is 11.6 Å². The van der Waals surface area contributed by atoms with Crippen molar-refractivity contribution in [2.24, 2.45) is 5.73 Å². The fourth-order valence-corrected chi connectivity index (χ4v) is 1.37. The molecule has 7 nitrogen and oxygen atoms in total. The molecule has 0 spiro atoms. The maximum Gasteiger partial charge on any atom is 0.418 e. The molecule has 1 unspecified atom stereocenters. The summed E-state index contributed by atoms with van der Waals surface area (Å²) in [5.41, 5.74) is 6.77. The third-order valence-corrected chi connectivity index (χ3v) is 2.12. The van der Waals surface area contributed by atoms with Crippen LogP contribution in [0.1, 0.15) is 18.0 Å². The second kappa shape index (κ2) is 3.78. The van der Waals surface area contributed by atoms with Crippen molar-refractivity contribution in [3.63, 3.8) is 0 Å². The lowest BCUT2D eigenvalue weighted by molar-refractivity contribution is -0.137. The SMILES string of the molecule is NC(CC(=O)O)c1cnc2oc(=O)[nH]c2c1. The summed E-state index contributed by atoms with van der Waals surface area (Å²) in [5.74, 6) is -1.60. The van der Waals surface area contributed by atoms with Crippen molar-refractivity contribution >= 4 is 17.2 Å². The summed E-state index contributed by atoms with van der Waals surface area (Å²) < 4.78 is 4.70. The van der Waals surface area contributed by atoms with E-state index in [1.165, 1.54) is 6.20 Å². The minimum atomic E-state index is -0.992. The van der Waals surface area contributed by atoms with Gasteiger partial charge in [-0.1, -0.05) is 0 Å². The minimum absolute atomic E-state index is 0.177. The molecule has 2 rings (SSSR count). The standard InChI is InChI=1S/C9H9N3O4/c10-5(2-7(13)14)4-1-6-8(11-3-4)16-9(15)12-6/h1,3,5H,2,10H2,(H,12,15)(H,13,14). The van der Waals surface area contributed by atoms with Crippen molar-refractivity contribution in [2.45, 2.75) is 12.5 Å². The summed E-state index contributed by atoms with van der Waals surface area (Å²) in [6.07, 6.45) is 1.20. The van der Waals surface area contributed by atoms with Crippen LogP contribution in [0.3, 0.4) is 0 Å². The average molecular weight is 223 g/mol. The first-order chi connectivity index (χ1) is 7.56. The van der Waals surface area contributed by atoms with E-state index in [4.69, 9.17) is 15.3 Å². The maximum absolute atomic E-state index is 10.9. The third kappa shape index (κ3) is 1.94. The molecule has 7 heteroatoms. The Morgan fingerprint density at radius 3 is 3.12 bits per heavy atom. The zero-order valence-electron chi connectivity index (χ0n) is 8.14. The van der Waals surface area contributed by atoms with Crippen LogP contribution in [-0.4, -0.2) is 21.0 Å². The molecule has 84 valence electrons. The van der Waals surface area contributed by atoms with Crippen molar-refractivity contribution in [1.82, 2.24) is 9.97 Å². The van der Waals surface area contributed by atoms with Crippen LogP contribution in [0.5, 0.6) is 0 Å². The highest BCUT2D eigenvalue weighted by Crippen LogP contribution is 2.16. The number of aromatic amines is 1. The highest BCUT2D eigenvalue weighted by molar-refractivity contribution is 5.70. The highest BCUT2D eigenvalue weighted by atomic mass is 16.4. The lowest BCUT2D eigenvalue weighted by atomic mass is 10.1. The van der Waals surface area contributed by atoms with Crippen molar-refractivity contribution < 1.29 is 14.3 Å². The number of carboxylic acids is 1. The second-order valence-electron chi connectivity index (χ2n) is 3.34. The van der Waals surface area contributed by atoms with Crippen LogP contribution in [0.2, 0.25) is 0 Å². The van der Waals surface area contributed by atoms with Gasteiger partial charge in [0.1, 0.15) is 5.52 Å². The number of hydrogen-bond donors (Lipinski definition) is 3. The molecular formula is C9H9N3O4. The van der Waals surface area contributed by atoms with Gasteiger partial charge in [0.2, 0.25) is 5.71 Å². The van der Waals surface area contributed by atoms with Crippen molar-refractivity contribution in [3.05, 3.63) is 28.4 Å². The quantitative estimate of drug-likeness (QED) is 0.672. The molecule has 0 aliphatic heterocycles. The molecule has 0 aliphatic rings. The Bertz CT molecular complexity index is 586. The number of nitrogens with two attached hydrogens (primary N) is 1. The number of nitrogens with one attached hydrogen (secondary N) is 1. The van der Waals surface area contributed by atoms with Crippen molar-refractivity contribution in [3.8, 4) is 0 Å². The number of rotatable bonds is 3. The fourth-order valence-electron chi connectivity index (χ4n) is 1.37. The van der Waals surface area contributed by atoms with E-state index in [0.717, 1.165) is 0 Å². The van der Waals surface area contributed by atoms with Gasteiger partial charge in [0.15, 0.2) is 0 Å². The Morgan fingerprint density at radius 1 is 1.69 bits per heavy atom. The van der Waals surface area contributed by atoms with Crippen molar-refractivity contribution in [1.29, 1.82) is 0 Å². The highest BCUT2D eigenvalue weighted by Gasteiger charge is 2.12. The van der Waals surface area contributed by atoms with Crippen LogP contribution in [0.25, 0.3) is 11.2 Å². The van der Waals surface area contributed by atoms with Gasteiger partial charge in [-0.25, -0.2) is 9.78 Å². The third-order valence-electron chi connectivity index (χ3n) is 2.12. The summed E-state index contributed by atoms with van der Waals surface area (Å²) in [4.78, 5) is 27.6. The Hall–Kier alpha value is -2.15. The zero-order valence-corrected chi connectivity index (χ0v) is 8.14. The van der Waals surface area contributed by atoms with Gasteiger partial charge >= 0.3 is 11.7 Å². The topological polar surface area (TPSA) is 122 Å². The first-order valence-electron chi connectivity index (χ1n) is 4.52. The smallest absolute Gasteiger partial charge is 0.418 e. The number of pyridine rings is 1. The minimum Gasteiger partial charge on any atom is -0.481 e. The van der Waals surface area contributed by atoms with Gasteiger partial charge < -0.3 is 15.3 Å². The molecule has 0 aromatic carbocycles. The normalized spacial score (nSPS) is 12.8. The van der Waals surface area contributed by atoms with Gasteiger partial charge in [-0.3, -0.25) is 9.78 Å². The van der Waals surface area contributed by atoms with E-state index in [1.54, 1.807) is 6.07 Å². The van der Waals surface area contributed by atoms with Crippen LogP contribution >= 0.6 is 0 Å². The monoisotopic (exact) mass is 223 g/mol. The Labute approximate surface area is 88.9 Å². The van der Waals surface area contributed by atoms with Crippen LogP contribution in [0, 0.1) is 0 Å². The molecule has 0 bridgehead atoms.